The van der Waals surface area contributed by atoms with Crippen LogP contribution in [-0.2, 0) is 0 Å². The first kappa shape index (κ1) is 14.2. The number of hydrogen-bond acceptors (Lipinski definition) is 5. The standard InChI is InChI=1S/C12H21N5O/c1-5-8(12(2,3)4)16-10-7(9(13)18)6-15-11(14)17-10/h6,8H,5H2,1-4H3,(H2,13,18)(H3,14,15,16,17)/t8-/m0/s1. The highest BCUT2D eigenvalue weighted by molar-refractivity contribution is 5.97. The van der Waals surface area contributed by atoms with Crippen molar-refractivity contribution in [2.24, 2.45) is 11.1 Å². The monoisotopic (exact) mass is 251 g/mol. The molecule has 0 saturated carbocycles. The summed E-state index contributed by atoms with van der Waals surface area (Å²) in [5.41, 5.74) is 11.1. The van der Waals surface area contributed by atoms with Crippen LogP contribution in [0, 0.1) is 5.41 Å². The van der Waals surface area contributed by atoms with Crippen molar-refractivity contribution in [3.8, 4) is 0 Å². The van der Waals surface area contributed by atoms with Crippen molar-refractivity contribution in [3.05, 3.63) is 11.8 Å². The van der Waals surface area contributed by atoms with Crippen LogP contribution in [0.15, 0.2) is 6.20 Å². The van der Waals surface area contributed by atoms with E-state index in [1.807, 2.05) is 0 Å². The molecule has 18 heavy (non-hydrogen) atoms. The molecular formula is C12H21N5O. The van der Waals surface area contributed by atoms with Crippen LogP contribution in [0.3, 0.4) is 0 Å². The van der Waals surface area contributed by atoms with Crippen molar-refractivity contribution < 1.29 is 4.79 Å². The highest BCUT2D eigenvalue weighted by Gasteiger charge is 2.24. The van der Waals surface area contributed by atoms with Gasteiger partial charge in [0.25, 0.3) is 5.91 Å². The molecule has 5 N–H and O–H groups in total. The average Bonchev–Trinajstić information content (AvgIpc) is 2.23. The fraction of sp³-hybridized carbons (Fsp3) is 0.583. The number of nitrogen functional groups attached to an aromatic ring is 1. The fourth-order valence-electron chi connectivity index (χ4n) is 1.78. The highest BCUT2D eigenvalue weighted by Crippen LogP contribution is 2.26. The van der Waals surface area contributed by atoms with Gasteiger partial charge in [0.05, 0.1) is 5.56 Å². The Bertz CT molecular complexity index is 439. The lowest BCUT2D eigenvalue weighted by atomic mass is 9.85. The zero-order chi connectivity index (χ0) is 13.9. The molecule has 1 heterocycles. The van der Waals surface area contributed by atoms with Crippen LogP contribution >= 0.6 is 0 Å². The Labute approximate surface area is 107 Å². The number of nitrogens with zero attached hydrogens (tertiary/aromatic N) is 2. The van der Waals surface area contributed by atoms with E-state index >= 15 is 0 Å². The van der Waals surface area contributed by atoms with Crippen LogP contribution in [0.25, 0.3) is 0 Å². The molecule has 0 spiro atoms. The normalized spacial score (nSPS) is 13.1. The van der Waals surface area contributed by atoms with E-state index < -0.39 is 5.91 Å². The van der Waals surface area contributed by atoms with Gasteiger partial charge in [-0.25, -0.2) is 4.98 Å². The lowest BCUT2D eigenvalue weighted by Gasteiger charge is -2.31. The molecule has 1 aromatic heterocycles. The summed E-state index contributed by atoms with van der Waals surface area (Å²) in [6.07, 6.45) is 2.24. The Hall–Kier alpha value is -1.85. The summed E-state index contributed by atoms with van der Waals surface area (Å²) in [5, 5.41) is 3.23. The third-order valence-corrected chi connectivity index (χ3v) is 2.84. The molecule has 0 fully saturated rings. The number of nitrogens with two attached hydrogens (primary N) is 2. The molecule has 1 atom stereocenters. The Kier molecular flexibility index (Phi) is 4.11. The molecule has 100 valence electrons. The van der Waals surface area contributed by atoms with E-state index in [1.165, 1.54) is 6.20 Å². The van der Waals surface area contributed by atoms with Crippen molar-refractivity contribution in [2.75, 3.05) is 11.1 Å². The summed E-state index contributed by atoms with van der Waals surface area (Å²) in [6.45, 7) is 8.41. The minimum absolute atomic E-state index is 0.0311. The lowest BCUT2D eigenvalue weighted by Crippen LogP contribution is -2.34. The van der Waals surface area contributed by atoms with Gasteiger partial charge in [0, 0.05) is 12.2 Å². The van der Waals surface area contributed by atoms with Crippen LogP contribution in [0.1, 0.15) is 44.5 Å². The van der Waals surface area contributed by atoms with Crippen molar-refractivity contribution in [1.82, 2.24) is 9.97 Å². The second-order valence-corrected chi connectivity index (χ2v) is 5.33. The van der Waals surface area contributed by atoms with Crippen molar-refractivity contribution in [1.29, 1.82) is 0 Å². The first-order chi connectivity index (χ1) is 8.25. The first-order valence-electron chi connectivity index (χ1n) is 5.94. The molecule has 1 rings (SSSR count). The third kappa shape index (κ3) is 3.32. The lowest BCUT2D eigenvalue weighted by molar-refractivity contribution is 0.100. The van der Waals surface area contributed by atoms with Gasteiger partial charge in [0.15, 0.2) is 0 Å². The summed E-state index contributed by atoms with van der Waals surface area (Å²) in [4.78, 5) is 19.1. The smallest absolute Gasteiger partial charge is 0.254 e. The fourth-order valence-corrected chi connectivity index (χ4v) is 1.78. The number of nitrogens with one attached hydrogen (secondary N) is 1. The van der Waals surface area contributed by atoms with Crippen molar-refractivity contribution in [2.45, 2.75) is 40.2 Å². The molecule has 0 unspecified atom stereocenters. The quantitative estimate of drug-likeness (QED) is 0.749. The maximum atomic E-state index is 11.3. The highest BCUT2D eigenvalue weighted by atomic mass is 16.1. The van der Waals surface area contributed by atoms with E-state index in [-0.39, 0.29) is 23.0 Å². The van der Waals surface area contributed by atoms with Gasteiger partial charge < -0.3 is 16.8 Å². The molecule has 0 aromatic carbocycles. The van der Waals surface area contributed by atoms with Gasteiger partial charge in [-0.15, -0.1) is 0 Å². The van der Waals surface area contributed by atoms with E-state index in [4.69, 9.17) is 11.5 Å². The number of aromatic nitrogens is 2. The predicted molar refractivity (Wildman–Crippen MR) is 72.1 cm³/mol. The minimum atomic E-state index is -0.568. The van der Waals surface area contributed by atoms with E-state index in [0.717, 1.165) is 6.42 Å². The van der Waals surface area contributed by atoms with Gasteiger partial charge >= 0.3 is 0 Å². The van der Waals surface area contributed by atoms with Gasteiger partial charge in [-0.2, -0.15) is 4.98 Å². The van der Waals surface area contributed by atoms with E-state index in [0.29, 0.717) is 5.82 Å². The molecule has 0 aliphatic rings. The van der Waals surface area contributed by atoms with Crippen LogP contribution in [0.5, 0.6) is 0 Å². The average molecular weight is 251 g/mol. The van der Waals surface area contributed by atoms with Crippen molar-refractivity contribution in [3.63, 3.8) is 0 Å². The Morgan fingerprint density at radius 1 is 1.50 bits per heavy atom. The summed E-state index contributed by atoms with van der Waals surface area (Å²) in [7, 11) is 0. The second-order valence-electron chi connectivity index (χ2n) is 5.33. The zero-order valence-corrected chi connectivity index (χ0v) is 11.3. The third-order valence-electron chi connectivity index (χ3n) is 2.84. The first-order valence-corrected chi connectivity index (χ1v) is 5.94. The number of hydrogen-bond donors (Lipinski definition) is 3. The van der Waals surface area contributed by atoms with Gasteiger partial charge in [-0.05, 0) is 11.8 Å². The molecule has 1 amide bonds. The minimum Gasteiger partial charge on any atom is -0.368 e. The largest absolute Gasteiger partial charge is 0.368 e. The van der Waals surface area contributed by atoms with Crippen LogP contribution in [-0.4, -0.2) is 21.9 Å². The molecule has 6 nitrogen and oxygen atoms in total. The van der Waals surface area contributed by atoms with Gasteiger partial charge in [-0.3, -0.25) is 4.79 Å². The number of carbonyl (C=O) groups excluding carboxylic acids is 1. The van der Waals surface area contributed by atoms with E-state index in [9.17, 15) is 4.79 Å². The second kappa shape index (κ2) is 5.20. The summed E-state index contributed by atoms with van der Waals surface area (Å²) in [5.74, 6) is -0.0516. The van der Waals surface area contributed by atoms with Crippen molar-refractivity contribution >= 4 is 17.7 Å². The molecular weight excluding hydrogens is 230 g/mol. The Morgan fingerprint density at radius 2 is 2.11 bits per heavy atom. The van der Waals surface area contributed by atoms with Crippen LogP contribution < -0.4 is 16.8 Å². The van der Waals surface area contributed by atoms with E-state index in [2.05, 4.69) is 43.0 Å². The van der Waals surface area contributed by atoms with Gasteiger partial charge in [0.1, 0.15) is 5.82 Å². The number of carbonyl (C=O) groups is 1. The van der Waals surface area contributed by atoms with Crippen LogP contribution in [0.4, 0.5) is 11.8 Å². The molecule has 0 aliphatic carbocycles. The summed E-state index contributed by atoms with van der Waals surface area (Å²) >= 11 is 0. The maximum Gasteiger partial charge on any atom is 0.254 e. The number of rotatable bonds is 4. The molecule has 0 radical (unpaired) electrons. The summed E-state index contributed by atoms with van der Waals surface area (Å²) in [6, 6.07) is 0.157. The van der Waals surface area contributed by atoms with Gasteiger partial charge in [-0.1, -0.05) is 27.7 Å². The molecule has 6 heteroatoms. The Morgan fingerprint density at radius 3 is 2.56 bits per heavy atom. The predicted octanol–water partition coefficient (Wildman–Crippen LogP) is 1.39. The number of amides is 1. The SMILES string of the molecule is CC[C@H](Nc1nc(N)ncc1C(N)=O)C(C)(C)C. The Balaban J connectivity index is 3.09. The molecule has 0 aliphatic heterocycles. The van der Waals surface area contributed by atoms with Crippen LogP contribution in [0.2, 0.25) is 0 Å². The summed E-state index contributed by atoms with van der Waals surface area (Å²) < 4.78 is 0. The number of anilines is 2. The zero-order valence-electron chi connectivity index (χ0n) is 11.3. The molecule has 0 bridgehead atoms. The van der Waals surface area contributed by atoms with Gasteiger partial charge in [0.2, 0.25) is 5.95 Å². The van der Waals surface area contributed by atoms with E-state index in [1.54, 1.807) is 0 Å². The maximum absolute atomic E-state index is 11.3. The molecule has 1 aromatic rings. The topological polar surface area (TPSA) is 107 Å². The molecule has 0 saturated heterocycles. The number of primary amides is 1.